The number of oxazole rings is 1. The van der Waals surface area contributed by atoms with Crippen molar-refractivity contribution in [3.05, 3.63) is 46.2 Å². The SMILES string of the molecule is Cc1nn(C2CCS(=O)(=O)C2)c(C)c1N1CCN(C(=O)Cn2c(=O)oc3ccccc32)CC1. The summed E-state index contributed by atoms with van der Waals surface area (Å²) in [4.78, 5) is 29.1. The summed E-state index contributed by atoms with van der Waals surface area (Å²) in [5, 5.41) is 4.66. The normalized spacial score (nSPS) is 20.6. The van der Waals surface area contributed by atoms with Gasteiger partial charge in [0, 0.05) is 26.2 Å². The zero-order chi connectivity index (χ0) is 23.3. The largest absolute Gasteiger partial charge is 0.420 e. The Balaban J connectivity index is 1.27. The van der Waals surface area contributed by atoms with Gasteiger partial charge < -0.3 is 14.2 Å². The maximum atomic E-state index is 12.9. The monoisotopic (exact) mass is 473 g/mol. The molecule has 3 aromatic rings. The van der Waals surface area contributed by atoms with E-state index in [0.29, 0.717) is 43.7 Å². The molecule has 2 saturated heterocycles. The molecule has 2 fully saturated rings. The zero-order valence-corrected chi connectivity index (χ0v) is 19.5. The summed E-state index contributed by atoms with van der Waals surface area (Å²) in [7, 11) is -2.99. The van der Waals surface area contributed by atoms with Gasteiger partial charge in [-0.3, -0.25) is 14.0 Å². The molecule has 2 aliphatic rings. The van der Waals surface area contributed by atoms with Crippen LogP contribution in [0.2, 0.25) is 0 Å². The van der Waals surface area contributed by atoms with Gasteiger partial charge >= 0.3 is 5.76 Å². The molecular weight excluding hydrogens is 446 g/mol. The highest BCUT2D eigenvalue weighted by atomic mass is 32.2. The molecule has 1 atom stereocenters. The predicted molar refractivity (Wildman–Crippen MR) is 123 cm³/mol. The van der Waals surface area contributed by atoms with Crippen LogP contribution in [0.5, 0.6) is 0 Å². The summed E-state index contributed by atoms with van der Waals surface area (Å²) in [6.07, 6.45) is 0.591. The quantitative estimate of drug-likeness (QED) is 0.558. The molecule has 176 valence electrons. The van der Waals surface area contributed by atoms with Crippen molar-refractivity contribution < 1.29 is 17.6 Å². The van der Waals surface area contributed by atoms with E-state index < -0.39 is 15.6 Å². The lowest BCUT2D eigenvalue weighted by atomic mass is 10.2. The minimum Gasteiger partial charge on any atom is -0.408 e. The fourth-order valence-corrected chi connectivity index (χ4v) is 6.71. The number of piperazine rings is 1. The first kappa shape index (κ1) is 21.7. The number of amides is 1. The number of benzene rings is 1. The van der Waals surface area contributed by atoms with Gasteiger partial charge in [0.05, 0.1) is 40.1 Å². The van der Waals surface area contributed by atoms with E-state index in [-0.39, 0.29) is 30.0 Å². The van der Waals surface area contributed by atoms with Gasteiger partial charge in [-0.1, -0.05) is 12.1 Å². The van der Waals surface area contributed by atoms with E-state index in [9.17, 15) is 18.0 Å². The number of rotatable bonds is 4. The van der Waals surface area contributed by atoms with Gasteiger partial charge in [-0.25, -0.2) is 13.2 Å². The van der Waals surface area contributed by atoms with E-state index >= 15 is 0 Å². The highest BCUT2D eigenvalue weighted by Gasteiger charge is 2.33. The number of carbonyl (C=O) groups is 1. The van der Waals surface area contributed by atoms with E-state index in [1.54, 1.807) is 23.1 Å². The fraction of sp³-hybridized carbons (Fsp3) is 0.500. The van der Waals surface area contributed by atoms with Crippen molar-refractivity contribution in [1.29, 1.82) is 0 Å². The fourth-order valence-electron chi connectivity index (χ4n) is 5.01. The Morgan fingerprint density at radius 3 is 2.58 bits per heavy atom. The second-order valence-corrected chi connectivity index (χ2v) is 11.0. The van der Waals surface area contributed by atoms with Gasteiger partial charge in [-0.2, -0.15) is 5.10 Å². The van der Waals surface area contributed by atoms with Crippen LogP contribution < -0.4 is 10.7 Å². The lowest BCUT2D eigenvalue weighted by Gasteiger charge is -2.36. The molecule has 0 N–H and O–H groups in total. The number of anilines is 1. The van der Waals surface area contributed by atoms with Gasteiger partial charge in [0.15, 0.2) is 15.4 Å². The molecule has 2 aliphatic heterocycles. The number of nitrogens with zero attached hydrogens (tertiary/aromatic N) is 5. The summed E-state index contributed by atoms with van der Waals surface area (Å²) >= 11 is 0. The Hall–Kier alpha value is -3.08. The van der Waals surface area contributed by atoms with Crippen LogP contribution in [0.15, 0.2) is 33.5 Å². The maximum absolute atomic E-state index is 12.9. The summed E-state index contributed by atoms with van der Waals surface area (Å²) < 4.78 is 32.3. The highest BCUT2D eigenvalue weighted by Crippen LogP contribution is 2.31. The smallest absolute Gasteiger partial charge is 0.408 e. The molecule has 0 aliphatic carbocycles. The molecule has 4 heterocycles. The van der Waals surface area contributed by atoms with Gasteiger partial charge in [0.2, 0.25) is 5.91 Å². The third-order valence-corrected chi connectivity index (χ3v) is 8.41. The van der Waals surface area contributed by atoms with Crippen molar-refractivity contribution in [3.63, 3.8) is 0 Å². The maximum Gasteiger partial charge on any atom is 0.420 e. The number of hydrogen-bond acceptors (Lipinski definition) is 7. The first-order chi connectivity index (χ1) is 15.7. The second kappa shape index (κ2) is 8.05. The number of hydrogen-bond donors (Lipinski definition) is 0. The molecule has 1 amide bonds. The lowest BCUT2D eigenvalue weighted by Crippen LogP contribution is -2.50. The molecular formula is C22H27N5O5S. The van der Waals surface area contributed by atoms with Crippen LogP contribution >= 0.6 is 0 Å². The van der Waals surface area contributed by atoms with E-state index in [1.165, 1.54) is 4.57 Å². The Bertz CT molecular complexity index is 1380. The predicted octanol–water partition coefficient (Wildman–Crippen LogP) is 1.12. The van der Waals surface area contributed by atoms with Gasteiger partial charge in [-0.05, 0) is 32.4 Å². The number of aromatic nitrogens is 3. The Kier molecular flexibility index (Phi) is 5.31. The molecule has 5 rings (SSSR count). The van der Waals surface area contributed by atoms with E-state index in [4.69, 9.17) is 4.42 Å². The third kappa shape index (κ3) is 3.94. The lowest BCUT2D eigenvalue weighted by molar-refractivity contribution is -0.132. The van der Waals surface area contributed by atoms with E-state index in [2.05, 4.69) is 10.00 Å². The standard InChI is InChI=1S/C22H27N5O5S/c1-15-21(16(2)27(23-15)17-7-12-33(30,31)14-17)25-10-8-24(9-11-25)20(28)13-26-18-5-3-4-6-19(18)32-22(26)29/h3-6,17H,7-14H2,1-2H3. The van der Waals surface area contributed by atoms with Crippen LogP contribution in [0, 0.1) is 13.8 Å². The molecule has 1 unspecified atom stereocenters. The summed E-state index contributed by atoms with van der Waals surface area (Å²) in [5.41, 5.74) is 3.93. The summed E-state index contributed by atoms with van der Waals surface area (Å²) in [5.74, 6) is -0.306. The van der Waals surface area contributed by atoms with Crippen molar-refractivity contribution in [2.75, 3.05) is 42.6 Å². The van der Waals surface area contributed by atoms with Crippen molar-refractivity contribution in [3.8, 4) is 0 Å². The minimum absolute atomic E-state index is 0.0536. The molecule has 2 aromatic heterocycles. The number of fused-ring (bicyclic) bond motifs is 1. The van der Waals surface area contributed by atoms with E-state index in [0.717, 1.165) is 17.1 Å². The van der Waals surface area contributed by atoms with E-state index in [1.807, 2.05) is 24.6 Å². The average Bonchev–Trinajstić information content (AvgIpc) is 3.40. The highest BCUT2D eigenvalue weighted by molar-refractivity contribution is 7.91. The number of para-hydroxylation sites is 2. The van der Waals surface area contributed by atoms with Crippen LogP contribution in [0.3, 0.4) is 0 Å². The molecule has 33 heavy (non-hydrogen) atoms. The number of sulfone groups is 1. The Morgan fingerprint density at radius 2 is 1.88 bits per heavy atom. The number of carbonyl (C=O) groups excluding carboxylic acids is 1. The van der Waals surface area contributed by atoms with Crippen LogP contribution in [-0.2, 0) is 21.2 Å². The molecule has 11 heteroatoms. The molecule has 1 aromatic carbocycles. The van der Waals surface area contributed by atoms with Crippen LogP contribution in [0.4, 0.5) is 5.69 Å². The van der Waals surface area contributed by atoms with Crippen LogP contribution in [0.25, 0.3) is 11.1 Å². The first-order valence-corrected chi connectivity index (χ1v) is 12.9. The van der Waals surface area contributed by atoms with Crippen molar-refractivity contribution in [2.45, 2.75) is 32.9 Å². The van der Waals surface area contributed by atoms with Gasteiger partial charge in [-0.15, -0.1) is 0 Å². The first-order valence-electron chi connectivity index (χ1n) is 11.1. The van der Waals surface area contributed by atoms with Gasteiger partial charge in [0.1, 0.15) is 6.54 Å². The van der Waals surface area contributed by atoms with Crippen molar-refractivity contribution in [2.24, 2.45) is 0 Å². The molecule has 0 radical (unpaired) electrons. The van der Waals surface area contributed by atoms with Crippen molar-refractivity contribution >= 4 is 32.5 Å². The summed E-state index contributed by atoms with van der Waals surface area (Å²) in [6.45, 7) is 6.22. The zero-order valence-electron chi connectivity index (χ0n) is 18.7. The topological polar surface area (TPSA) is 111 Å². The molecule has 0 saturated carbocycles. The van der Waals surface area contributed by atoms with Crippen LogP contribution in [-0.4, -0.2) is 71.3 Å². The third-order valence-electron chi connectivity index (χ3n) is 6.66. The van der Waals surface area contributed by atoms with Crippen molar-refractivity contribution in [1.82, 2.24) is 19.2 Å². The molecule has 0 spiro atoms. The average molecular weight is 474 g/mol. The summed E-state index contributed by atoms with van der Waals surface area (Å²) in [6, 6.07) is 6.96. The minimum atomic E-state index is -2.99. The Morgan fingerprint density at radius 1 is 1.15 bits per heavy atom. The van der Waals surface area contributed by atoms with Crippen LogP contribution in [0.1, 0.15) is 23.9 Å². The second-order valence-electron chi connectivity index (χ2n) is 8.81. The number of aryl methyl sites for hydroxylation is 1. The van der Waals surface area contributed by atoms with Gasteiger partial charge in [0.25, 0.3) is 0 Å². The Labute approximate surface area is 191 Å². The molecule has 10 nitrogen and oxygen atoms in total. The molecule has 0 bridgehead atoms.